The predicted octanol–water partition coefficient (Wildman–Crippen LogP) is -0.339. The van der Waals surface area contributed by atoms with Gasteiger partial charge in [-0.15, -0.1) is 5.10 Å². The van der Waals surface area contributed by atoms with Crippen LogP contribution in [0.5, 0.6) is 0 Å². The van der Waals surface area contributed by atoms with Gasteiger partial charge in [-0.25, -0.2) is 4.68 Å². The van der Waals surface area contributed by atoms with E-state index in [0.717, 1.165) is 0 Å². The van der Waals surface area contributed by atoms with Crippen molar-refractivity contribution in [1.82, 2.24) is 15.0 Å². The first-order valence-corrected chi connectivity index (χ1v) is 4.20. The minimum atomic E-state index is -0.131. The minimum Gasteiger partial charge on any atom is -0.382 e. The zero-order valence-corrected chi connectivity index (χ0v) is 8.27. The molecule has 0 fully saturated rings. The number of aryl methyl sites for hydroxylation is 1. The topological polar surface area (TPSA) is 66.2 Å². The van der Waals surface area contributed by atoms with Crippen molar-refractivity contribution in [3.05, 3.63) is 11.9 Å². The molecule has 0 aliphatic carbocycles. The number of hydrogen-bond acceptors (Lipinski definition) is 5. The molecule has 0 N–H and O–H groups in total. The molecule has 0 aromatic carbocycles. The number of Topliss-reactive ketones (excluding diaryl/α,β-unsaturated/α-hetero) is 1. The first-order valence-electron chi connectivity index (χ1n) is 4.20. The van der Waals surface area contributed by atoms with Gasteiger partial charge in [0.05, 0.1) is 19.4 Å². The summed E-state index contributed by atoms with van der Waals surface area (Å²) in [6.45, 7) is 0.926. The smallest absolute Gasteiger partial charge is 0.208 e. The van der Waals surface area contributed by atoms with Crippen LogP contribution in [0, 0.1) is 0 Å². The number of ketones is 1. The molecule has 6 nitrogen and oxygen atoms in total. The molecule has 0 aliphatic heterocycles. The maximum Gasteiger partial charge on any atom is 0.208 e. The van der Waals surface area contributed by atoms with E-state index in [4.69, 9.17) is 9.47 Å². The van der Waals surface area contributed by atoms with Gasteiger partial charge in [0.2, 0.25) is 5.78 Å². The van der Waals surface area contributed by atoms with E-state index < -0.39 is 0 Å². The van der Waals surface area contributed by atoms with E-state index >= 15 is 0 Å². The zero-order valence-electron chi connectivity index (χ0n) is 8.27. The summed E-state index contributed by atoms with van der Waals surface area (Å²) in [5.74, 6) is -0.131. The van der Waals surface area contributed by atoms with Crippen molar-refractivity contribution in [3.63, 3.8) is 0 Å². The molecule has 0 spiro atoms. The SMILES string of the molecule is COCCOCC(=O)c1cnnn1C. The maximum atomic E-state index is 11.4. The summed E-state index contributed by atoms with van der Waals surface area (Å²) >= 11 is 0. The Kier molecular flexibility index (Phi) is 4.21. The summed E-state index contributed by atoms with van der Waals surface area (Å²) in [5, 5.41) is 7.25. The highest BCUT2D eigenvalue weighted by atomic mass is 16.5. The van der Waals surface area contributed by atoms with Gasteiger partial charge in [0.1, 0.15) is 12.3 Å². The second kappa shape index (κ2) is 5.46. The molecule has 0 amide bonds. The van der Waals surface area contributed by atoms with Gasteiger partial charge >= 0.3 is 0 Å². The standard InChI is InChI=1S/C8H13N3O3/c1-11-7(5-9-10-11)8(12)6-14-4-3-13-2/h5H,3-4,6H2,1-2H3. The van der Waals surface area contributed by atoms with Crippen molar-refractivity contribution < 1.29 is 14.3 Å². The molecule has 1 heterocycles. The summed E-state index contributed by atoms with van der Waals surface area (Å²) in [4.78, 5) is 11.4. The lowest BCUT2D eigenvalue weighted by Gasteiger charge is -2.02. The van der Waals surface area contributed by atoms with E-state index in [0.29, 0.717) is 18.9 Å². The lowest BCUT2D eigenvalue weighted by Crippen LogP contribution is -2.15. The van der Waals surface area contributed by atoms with Gasteiger partial charge in [-0.3, -0.25) is 4.79 Å². The Morgan fingerprint density at radius 3 is 2.93 bits per heavy atom. The summed E-state index contributed by atoms with van der Waals surface area (Å²) < 4.78 is 11.3. The molecule has 14 heavy (non-hydrogen) atoms. The van der Waals surface area contributed by atoms with Gasteiger partial charge in [0.15, 0.2) is 0 Å². The van der Waals surface area contributed by atoms with Gasteiger partial charge in [-0.1, -0.05) is 5.21 Å². The highest BCUT2D eigenvalue weighted by Crippen LogP contribution is 1.95. The molecule has 0 atom stereocenters. The Hall–Kier alpha value is -1.27. The van der Waals surface area contributed by atoms with Crippen molar-refractivity contribution in [2.75, 3.05) is 26.9 Å². The van der Waals surface area contributed by atoms with E-state index in [1.807, 2.05) is 0 Å². The Morgan fingerprint density at radius 2 is 2.36 bits per heavy atom. The molecule has 1 aromatic rings. The number of nitrogens with zero attached hydrogens (tertiary/aromatic N) is 3. The van der Waals surface area contributed by atoms with Gasteiger partial charge in [0, 0.05) is 14.2 Å². The third kappa shape index (κ3) is 2.90. The first kappa shape index (κ1) is 10.8. The summed E-state index contributed by atoms with van der Waals surface area (Å²) in [6, 6.07) is 0. The predicted molar refractivity (Wildman–Crippen MR) is 48.0 cm³/mol. The van der Waals surface area contributed by atoms with Crippen LogP contribution < -0.4 is 0 Å². The molecular formula is C8H13N3O3. The monoisotopic (exact) mass is 199 g/mol. The Morgan fingerprint density at radius 1 is 1.57 bits per heavy atom. The normalized spacial score (nSPS) is 10.4. The second-order valence-corrected chi connectivity index (χ2v) is 2.71. The summed E-state index contributed by atoms with van der Waals surface area (Å²) in [6.07, 6.45) is 1.42. The molecule has 0 saturated carbocycles. The number of hydrogen-bond donors (Lipinski definition) is 0. The zero-order chi connectivity index (χ0) is 10.4. The Bertz CT molecular complexity index is 298. The van der Waals surface area contributed by atoms with E-state index in [2.05, 4.69) is 10.3 Å². The van der Waals surface area contributed by atoms with Gasteiger partial charge in [-0.05, 0) is 0 Å². The van der Waals surface area contributed by atoms with Crippen LogP contribution in [-0.2, 0) is 16.5 Å². The third-order valence-corrected chi connectivity index (χ3v) is 1.67. The molecule has 0 aliphatic rings. The Labute approximate surface area is 81.8 Å². The second-order valence-electron chi connectivity index (χ2n) is 2.71. The van der Waals surface area contributed by atoms with Crippen LogP contribution in [0.1, 0.15) is 10.5 Å². The lowest BCUT2D eigenvalue weighted by molar-refractivity contribution is 0.0570. The fraction of sp³-hybridized carbons (Fsp3) is 0.625. The van der Waals surface area contributed by atoms with E-state index in [-0.39, 0.29) is 12.4 Å². The van der Waals surface area contributed by atoms with Crippen LogP contribution in [0.4, 0.5) is 0 Å². The third-order valence-electron chi connectivity index (χ3n) is 1.67. The van der Waals surface area contributed by atoms with E-state index in [1.54, 1.807) is 14.2 Å². The summed E-state index contributed by atoms with van der Waals surface area (Å²) in [5.41, 5.74) is 0.447. The molecule has 0 radical (unpaired) electrons. The maximum absolute atomic E-state index is 11.4. The molecule has 0 saturated heterocycles. The largest absolute Gasteiger partial charge is 0.382 e. The lowest BCUT2D eigenvalue weighted by atomic mass is 10.3. The number of ether oxygens (including phenoxy) is 2. The quantitative estimate of drug-likeness (QED) is 0.463. The average molecular weight is 199 g/mol. The molecule has 6 heteroatoms. The van der Waals surface area contributed by atoms with E-state index in [1.165, 1.54) is 10.9 Å². The number of rotatable bonds is 6. The van der Waals surface area contributed by atoms with E-state index in [9.17, 15) is 4.79 Å². The van der Waals surface area contributed by atoms with Gasteiger partial charge in [0.25, 0.3) is 0 Å². The molecule has 1 aromatic heterocycles. The van der Waals surface area contributed by atoms with Gasteiger partial charge < -0.3 is 9.47 Å². The number of carbonyl (C=O) groups is 1. The van der Waals surface area contributed by atoms with Crippen LogP contribution in [0.2, 0.25) is 0 Å². The Balaban J connectivity index is 2.32. The minimum absolute atomic E-state index is 0.0323. The molecule has 0 unspecified atom stereocenters. The van der Waals surface area contributed by atoms with Crippen LogP contribution >= 0.6 is 0 Å². The van der Waals surface area contributed by atoms with Crippen LogP contribution in [-0.4, -0.2) is 47.7 Å². The number of carbonyl (C=O) groups excluding carboxylic acids is 1. The first-order chi connectivity index (χ1) is 6.75. The fourth-order valence-corrected chi connectivity index (χ4v) is 0.923. The fourth-order valence-electron chi connectivity index (χ4n) is 0.923. The number of methoxy groups -OCH3 is 1. The number of aromatic nitrogens is 3. The van der Waals surface area contributed by atoms with Crippen LogP contribution in [0.15, 0.2) is 6.20 Å². The summed E-state index contributed by atoms with van der Waals surface area (Å²) in [7, 11) is 3.24. The molecule has 1 rings (SSSR count). The highest BCUT2D eigenvalue weighted by Gasteiger charge is 2.10. The highest BCUT2D eigenvalue weighted by molar-refractivity contribution is 5.95. The van der Waals surface area contributed by atoms with Crippen molar-refractivity contribution in [3.8, 4) is 0 Å². The van der Waals surface area contributed by atoms with Crippen molar-refractivity contribution >= 4 is 5.78 Å². The molecule has 78 valence electrons. The van der Waals surface area contributed by atoms with Gasteiger partial charge in [-0.2, -0.15) is 0 Å². The molecular weight excluding hydrogens is 186 g/mol. The van der Waals surface area contributed by atoms with Crippen LogP contribution in [0.3, 0.4) is 0 Å². The average Bonchev–Trinajstić information content (AvgIpc) is 2.59. The van der Waals surface area contributed by atoms with Crippen molar-refractivity contribution in [1.29, 1.82) is 0 Å². The molecule has 0 bridgehead atoms. The van der Waals surface area contributed by atoms with Crippen molar-refractivity contribution in [2.45, 2.75) is 0 Å². The van der Waals surface area contributed by atoms with Crippen LogP contribution in [0.25, 0.3) is 0 Å². The van der Waals surface area contributed by atoms with Crippen molar-refractivity contribution in [2.24, 2.45) is 7.05 Å².